The molecular formula is C16H23ClN2O2. The number of nitrogens with one attached hydrogen (secondary N) is 2. The highest BCUT2D eigenvalue weighted by molar-refractivity contribution is 6.30. The molecule has 1 fully saturated rings. The molecule has 1 heterocycles. The molecule has 0 unspecified atom stereocenters. The van der Waals surface area contributed by atoms with E-state index in [4.69, 9.17) is 16.3 Å². The molecule has 21 heavy (non-hydrogen) atoms. The molecule has 0 radical (unpaired) electrons. The van der Waals surface area contributed by atoms with Crippen molar-refractivity contribution in [3.8, 4) is 0 Å². The highest BCUT2D eigenvalue weighted by atomic mass is 35.5. The number of halogens is 1. The van der Waals surface area contributed by atoms with Gasteiger partial charge in [-0.2, -0.15) is 0 Å². The van der Waals surface area contributed by atoms with Gasteiger partial charge in [-0.25, -0.2) is 0 Å². The maximum Gasteiger partial charge on any atom is 0.240 e. The van der Waals surface area contributed by atoms with Gasteiger partial charge in [0.25, 0.3) is 0 Å². The number of ether oxygens (including phenoxy) is 1. The van der Waals surface area contributed by atoms with Crippen molar-refractivity contribution >= 4 is 17.5 Å². The topological polar surface area (TPSA) is 50.4 Å². The summed E-state index contributed by atoms with van der Waals surface area (Å²) in [6.45, 7) is 3.45. The molecule has 0 bridgehead atoms. The van der Waals surface area contributed by atoms with E-state index in [1.54, 1.807) is 7.11 Å². The molecule has 1 amide bonds. The van der Waals surface area contributed by atoms with Crippen LogP contribution in [-0.4, -0.2) is 31.7 Å². The van der Waals surface area contributed by atoms with Gasteiger partial charge in [0, 0.05) is 18.7 Å². The van der Waals surface area contributed by atoms with Crippen molar-refractivity contribution in [1.29, 1.82) is 0 Å². The van der Waals surface area contributed by atoms with E-state index in [0.29, 0.717) is 11.6 Å². The summed E-state index contributed by atoms with van der Waals surface area (Å²) in [5, 5.41) is 7.13. The van der Waals surface area contributed by atoms with Gasteiger partial charge in [-0.05, 0) is 50.4 Å². The first kappa shape index (κ1) is 16.3. The summed E-state index contributed by atoms with van der Waals surface area (Å²) in [6, 6.07) is 7.53. The summed E-state index contributed by atoms with van der Waals surface area (Å²) in [4.78, 5) is 12.5. The number of hydrogen-bond acceptors (Lipinski definition) is 3. The molecule has 116 valence electrons. The zero-order chi connectivity index (χ0) is 15.3. The molecule has 0 aromatic heterocycles. The van der Waals surface area contributed by atoms with Crippen LogP contribution in [0.3, 0.4) is 0 Å². The van der Waals surface area contributed by atoms with E-state index in [-0.39, 0.29) is 11.9 Å². The van der Waals surface area contributed by atoms with E-state index < -0.39 is 5.54 Å². The minimum Gasteiger partial charge on any atom is -0.385 e. The first-order chi connectivity index (χ1) is 10.0. The molecule has 1 aliphatic heterocycles. The molecular weight excluding hydrogens is 288 g/mol. The number of carbonyl (C=O) groups is 1. The average Bonchev–Trinajstić information content (AvgIpc) is 2.92. The van der Waals surface area contributed by atoms with Crippen molar-refractivity contribution in [1.82, 2.24) is 10.6 Å². The van der Waals surface area contributed by atoms with Crippen molar-refractivity contribution < 1.29 is 9.53 Å². The normalized spacial score (nSPS) is 23.0. The highest BCUT2D eigenvalue weighted by Crippen LogP contribution is 2.23. The standard InChI is InChI=1S/C16H23ClN2O2/c1-16(9-3-10-18-16)15(20)19-14(8-11-21-2)12-4-6-13(17)7-5-12/h4-7,14,18H,3,8-11H2,1-2H3,(H,19,20)/t14-,16+/m0/s1. The number of rotatable bonds is 6. The lowest BCUT2D eigenvalue weighted by atomic mass is 9.97. The fraction of sp³-hybridized carbons (Fsp3) is 0.562. The smallest absolute Gasteiger partial charge is 0.240 e. The van der Waals surface area contributed by atoms with Gasteiger partial charge >= 0.3 is 0 Å². The van der Waals surface area contributed by atoms with Gasteiger partial charge in [0.2, 0.25) is 5.91 Å². The predicted octanol–water partition coefficient (Wildman–Crippen LogP) is 2.68. The van der Waals surface area contributed by atoms with Gasteiger partial charge in [0.1, 0.15) is 0 Å². The second-order valence-electron chi connectivity index (χ2n) is 5.72. The molecule has 1 saturated heterocycles. The van der Waals surface area contributed by atoms with Crippen LogP contribution in [0.5, 0.6) is 0 Å². The third-order valence-electron chi connectivity index (χ3n) is 4.06. The molecule has 1 aromatic carbocycles. The number of carbonyl (C=O) groups excluding carboxylic acids is 1. The molecule has 1 aliphatic rings. The molecule has 0 aliphatic carbocycles. The Labute approximate surface area is 131 Å². The number of benzene rings is 1. The van der Waals surface area contributed by atoms with E-state index >= 15 is 0 Å². The lowest BCUT2D eigenvalue weighted by Gasteiger charge is -2.27. The van der Waals surface area contributed by atoms with Gasteiger partial charge in [-0.3, -0.25) is 4.79 Å². The molecule has 4 nitrogen and oxygen atoms in total. The SMILES string of the molecule is COCC[C@H](NC(=O)[C@@]1(C)CCCN1)c1ccc(Cl)cc1. The van der Waals surface area contributed by atoms with Crippen molar-refractivity contribution in [2.75, 3.05) is 20.3 Å². The van der Waals surface area contributed by atoms with Gasteiger partial charge in [-0.15, -0.1) is 0 Å². The zero-order valence-corrected chi connectivity index (χ0v) is 13.4. The largest absolute Gasteiger partial charge is 0.385 e. The van der Waals surface area contributed by atoms with Crippen molar-refractivity contribution in [2.45, 2.75) is 37.8 Å². The van der Waals surface area contributed by atoms with E-state index in [2.05, 4.69) is 10.6 Å². The summed E-state index contributed by atoms with van der Waals surface area (Å²) in [7, 11) is 1.67. The van der Waals surface area contributed by atoms with Crippen LogP contribution in [0.25, 0.3) is 0 Å². The van der Waals surface area contributed by atoms with Gasteiger partial charge < -0.3 is 15.4 Å². The third-order valence-corrected chi connectivity index (χ3v) is 4.31. The molecule has 0 spiro atoms. The third kappa shape index (κ3) is 4.19. The van der Waals surface area contributed by atoms with E-state index in [1.165, 1.54) is 0 Å². The molecule has 5 heteroatoms. The van der Waals surface area contributed by atoms with Crippen LogP contribution in [-0.2, 0) is 9.53 Å². The Hall–Kier alpha value is -1.10. The van der Waals surface area contributed by atoms with Crippen LogP contribution in [0, 0.1) is 0 Å². The Morgan fingerprint density at radius 3 is 2.76 bits per heavy atom. The zero-order valence-electron chi connectivity index (χ0n) is 12.6. The van der Waals surface area contributed by atoms with E-state index in [0.717, 1.165) is 31.4 Å². The van der Waals surface area contributed by atoms with Gasteiger partial charge in [0.15, 0.2) is 0 Å². The quantitative estimate of drug-likeness (QED) is 0.849. The lowest BCUT2D eigenvalue weighted by Crippen LogP contribution is -2.52. The fourth-order valence-corrected chi connectivity index (χ4v) is 2.78. The predicted molar refractivity (Wildman–Crippen MR) is 84.5 cm³/mol. The van der Waals surface area contributed by atoms with Crippen LogP contribution in [0.2, 0.25) is 5.02 Å². The second-order valence-corrected chi connectivity index (χ2v) is 6.16. The first-order valence-electron chi connectivity index (χ1n) is 7.35. The van der Waals surface area contributed by atoms with Crippen molar-refractivity contribution in [3.63, 3.8) is 0 Å². The van der Waals surface area contributed by atoms with Crippen molar-refractivity contribution in [2.24, 2.45) is 0 Å². The Bertz CT molecular complexity index is 470. The lowest BCUT2D eigenvalue weighted by molar-refractivity contribution is -0.127. The van der Waals surface area contributed by atoms with E-state index in [1.807, 2.05) is 31.2 Å². The van der Waals surface area contributed by atoms with Gasteiger partial charge in [-0.1, -0.05) is 23.7 Å². The maximum atomic E-state index is 12.5. The second kappa shape index (κ2) is 7.25. The minimum atomic E-state index is -0.461. The van der Waals surface area contributed by atoms with Crippen LogP contribution in [0.4, 0.5) is 0 Å². The summed E-state index contributed by atoms with van der Waals surface area (Å²) < 4.78 is 5.16. The Balaban J connectivity index is 2.08. The molecule has 1 aromatic rings. The van der Waals surface area contributed by atoms with E-state index in [9.17, 15) is 4.79 Å². The van der Waals surface area contributed by atoms with Crippen LogP contribution >= 0.6 is 11.6 Å². The number of methoxy groups -OCH3 is 1. The monoisotopic (exact) mass is 310 g/mol. The highest BCUT2D eigenvalue weighted by Gasteiger charge is 2.36. The number of hydrogen-bond donors (Lipinski definition) is 2. The van der Waals surface area contributed by atoms with Crippen molar-refractivity contribution in [3.05, 3.63) is 34.9 Å². The first-order valence-corrected chi connectivity index (χ1v) is 7.73. The minimum absolute atomic E-state index is 0.0519. The van der Waals surface area contributed by atoms with Gasteiger partial charge in [0.05, 0.1) is 11.6 Å². The molecule has 2 atom stereocenters. The molecule has 2 rings (SSSR count). The molecule has 2 N–H and O–H groups in total. The van der Waals surface area contributed by atoms with Crippen LogP contribution < -0.4 is 10.6 Å². The summed E-state index contributed by atoms with van der Waals surface area (Å²) >= 11 is 5.93. The molecule has 0 saturated carbocycles. The Morgan fingerprint density at radius 2 is 2.19 bits per heavy atom. The summed E-state index contributed by atoms with van der Waals surface area (Å²) in [5.41, 5.74) is 0.587. The maximum absolute atomic E-state index is 12.5. The fourth-order valence-electron chi connectivity index (χ4n) is 2.66. The van der Waals surface area contributed by atoms with Crippen LogP contribution in [0.15, 0.2) is 24.3 Å². The Kier molecular flexibility index (Phi) is 5.62. The Morgan fingerprint density at radius 1 is 1.48 bits per heavy atom. The number of amides is 1. The summed E-state index contributed by atoms with van der Waals surface area (Å²) in [5.74, 6) is 0.0519. The summed E-state index contributed by atoms with van der Waals surface area (Å²) in [6.07, 6.45) is 2.64. The average molecular weight is 311 g/mol. The van der Waals surface area contributed by atoms with Crippen LogP contribution in [0.1, 0.15) is 37.8 Å².